The third kappa shape index (κ3) is 2.79. The summed E-state index contributed by atoms with van der Waals surface area (Å²) in [6.07, 6.45) is 3.49. The van der Waals surface area contributed by atoms with Gasteiger partial charge >= 0.3 is 0 Å². The van der Waals surface area contributed by atoms with Crippen molar-refractivity contribution < 1.29 is 0 Å². The van der Waals surface area contributed by atoms with Gasteiger partial charge in [-0.25, -0.2) is 9.97 Å². The molecule has 0 amide bonds. The molecule has 3 nitrogen and oxygen atoms in total. The van der Waals surface area contributed by atoms with E-state index >= 15 is 0 Å². The molecule has 0 bridgehead atoms. The SMILES string of the molecule is c1ccc2c(c1)Sc1ccccc1C21c2ccccc2N(c2ccc3ncncc3c2)c2ccccc21. The summed E-state index contributed by atoms with van der Waals surface area (Å²) in [5, 5.41) is 1.03. The molecule has 0 saturated heterocycles. The van der Waals surface area contributed by atoms with Gasteiger partial charge in [0.1, 0.15) is 6.33 Å². The Morgan fingerprint density at radius 1 is 0.595 bits per heavy atom. The molecule has 0 unspecified atom stereocenters. The Morgan fingerprint density at radius 2 is 1.16 bits per heavy atom. The Bertz CT molecular complexity index is 1750. The fourth-order valence-electron chi connectivity index (χ4n) is 6.21. The molecule has 174 valence electrons. The van der Waals surface area contributed by atoms with Crippen molar-refractivity contribution in [3.8, 4) is 0 Å². The summed E-state index contributed by atoms with van der Waals surface area (Å²) in [7, 11) is 0. The number of hydrogen-bond donors (Lipinski definition) is 0. The van der Waals surface area contributed by atoms with Gasteiger partial charge in [-0.1, -0.05) is 84.6 Å². The van der Waals surface area contributed by atoms with E-state index in [4.69, 9.17) is 0 Å². The average molecular weight is 492 g/mol. The van der Waals surface area contributed by atoms with Gasteiger partial charge in [0, 0.05) is 27.1 Å². The fourth-order valence-corrected chi connectivity index (χ4v) is 7.40. The van der Waals surface area contributed by atoms with Crippen LogP contribution in [-0.2, 0) is 5.41 Å². The normalized spacial score (nSPS) is 14.5. The number of rotatable bonds is 1. The average Bonchev–Trinajstić information content (AvgIpc) is 2.97. The summed E-state index contributed by atoms with van der Waals surface area (Å²) >= 11 is 1.87. The van der Waals surface area contributed by atoms with Gasteiger partial charge in [-0.3, -0.25) is 0 Å². The molecule has 0 N–H and O–H groups in total. The van der Waals surface area contributed by atoms with Crippen LogP contribution in [0.25, 0.3) is 10.9 Å². The van der Waals surface area contributed by atoms with Gasteiger partial charge in [-0.15, -0.1) is 0 Å². The largest absolute Gasteiger partial charge is 0.310 e. The van der Waals surface area contributed by atoms with Crippen molar-refractivity contribution in [1.82, 2.24) is 9.97 Å². The number of anilines is 3. The molecule has 5 aromatic carbocycles. The molecule has 1 aromatic heterocycles. The van der Waals surface area contributed by atoms with E-state index in [9.17, 15) is 0 Å². The van der Waals surface area contributed by atoms with Crippen molar-refractivity contribution in [3.05, 3.63) is 150 Å². The van der Waals surface area contributed by atoms with Crippen LogP contribution in [0.3, 0.4) is 0 Å². The third-order valence-electron chi connectivity index (χ3n) is 7.65. The van der Waals surface area contributed by atoms with E-state index in [2.05, 4.69) is 130 Å². The van der Waals surface area contributed by atoms with Crippen molar-refractivity contribution in [1.29, 1.82) is 0 Å². The van der Waals surface area contributed by atoms with Crippen LogP contribution in [0.4, 0.5) is 17.1 Å². The molecule has 0 atom stereocenters. The zero-order valence-corrected chi connectivity index (χ0v) is 20.7. The van der Waals surface area contributed by atoms with E-state index in [1.807, 2.05) is 18.0 Å². The van der Waals surface area contributed by atoms with Crippen LogP contribution in [0.15, 0.2) is 138 Å². The standard InChI is InChI=1S/C33H21N3S/c1-5-13-29-24(9-1)33(26-11-3-7-15-31(26)37-32-16-8-4-12-27(32)33)25-10-2-6-14-30(25)36(29)23-17-18-28-22(19-23)20-34-21-35-28/h1-21H. The van der Waals surface area contributed by atoms with Crippen LogP contribution in [0, 0.1) is 0 Å². The number of para-hydroxylation sites is 2. The molecule has 0 radical (unpaired) electrons. The molecule has 4 heteroatoms. The maximum absolute atomic E-state index is 4.44. The quantitative estimate of drug-likeness (QED) is 0.231. The van der Waals surface area contributed by atoms with E-state index < -0.39 is 5.41 Å². The maximum atomic E-state index is 4.44. The van der Waals surface area contributed by atoms with Crippen molar-refractivity contribution >= 4 is 39.7 Å². The summed E-state index contributed by atoms with van der Waals surface area (Å²) in [6, 6.07) is 42.0. The number of benzene rings is 5. The van der Waals surface area contributed by atoms with Crippen LogP contribution in [0.2, 0.25) is 0 Å². The molecule has 6 aromatic rings. The monoisotopic (exact) mass is 491 g/mol. The lowest BCUT2D eigenvalue weighted by Crippen LogP contribution is -2.39. The number of aromatic nitrogens is 2. The second kappa shape index (κ2) is 7.79. The zero-order valence-electron chi connectivity index (χ0n) is 19.9. The summed E-state index contributed by atoms with van der Waals surface area (Å²) in [6.45, 7) is 0. The molecule has 37 heavy (non-hydrogen) atoms. The summed E-state index contributed by atoms with van der Waals surface area (Å²) in [5.74, 6) is 0. The van der Waals surface area contributed by atoms with Gasteiger partial charge in [0.15, 0.2) is 0 Å². The minimum atomic E-state index is -0.415. The minimum absolute atomic E-state index is 0.415. The molecule has 2 aliphatic heterocycles. The van der Waals surface area contributed by atoms with E-state index in [1.54, 1.807) is 6.33 Å². The lowest BCUT2D eigenvalue weighted by Gasteiger charge is -2.49. The number of fused-ring (bicyclic) bond motifs is 9. The highest BCUT2D eigenvalue weighted by Crippen LogP contribution is 2.62. The lowest BCUT2D eigenvalue weighted by atomic mass is 9.62. The van der Waals surface area contributed by atoms with Crippen LogP contribution < -0.4 is 4.90 Å². The molecule has 0 saturated carbocycles. The van der Waals surface area contributed by atoms with E-state index in [0.717, 1.165) is 16.6 Å². The Morgan fingerprint density at radius 3 is 1.81 bits per heavy atom. The predicted octanol–water partition coefficient (Wildman–Crippen LogP) is 8.26. The van der Waals surface area contributed by atoms with Crippen molar-refractivity contribution in [3.63, 3.8) is 0 Å². The van der Waals surface area contributed by atoms with Gasteiger partial charge in [0.05, 0.1) is 22.3 Å². The summed E-state index contributed by atoms with van der Waals surface area (Å²) in [4.78, 5) is 13.7. The van der Waals surface area contributed by atoms with Crippen LogP contribution in [-0.4, -0.2) is 9.97 Å². The van der Waals surface area contributed by atoms with Gasteiger partial charge in [-0.05, 0) is 64.7 Å². The predicted molar refractivity (Wildman–Crippen MR) is 150 cm³/mol. The Kier molecular flexibility index (Phi) is 4.37. The van der Waals surface area contributed by atoms with Crippen molar-refractivity contribution in [2.45, 2.75) is 15.2 Å². The van der Waals surface area contributed by atoms with Gasteiger partial charge < -0.3 is 4.90 Å². The highest BCUT2D eigenvalue weighted by Gasteiger charge is 2.50. The smallest absolute Gasteiger partial charge is 0.116 e. The van der Waals surface area contributed by atoms with Gasteiger partial charge in [0.25, 0.3) is 0 Å². The highest BCUT2D eigenvalue weighted by molar-refractivity contribution is 7.99. The van der Waals surface area contributed by atoms with Gasteiger partial charge in [0.2, 0.25) is 0 Å². The van der Waals surface area contributed by atoms with E-state index in [1.165, 1.54) is 43.4 Å². The van der Waals surface area contributed by atoms with Crippen LogP contribution >= 0.6 is 11.8 Å². The highest BCUT2D eigenvalue weighted by atomic mass is 32.2. The number of nitrogens with zero attached hydrogens (tertiary/aromatic N) is 3. The molecule has 0 aliphatic carbocycles. The molecule has 2 aliphatic rings. The van der Waals surface area contributed by atoms with Crippen LogP contribution in [0.5, 0.6) is 0 Å². The first-order valence-electron chi connectivity index (χ1n) is 12.4. The first kappa shape index (κ1) is 20.7. The molecule has 3 heterocycles. The van der Waals surface area contributed by atoms with Crippen LogP contribution in [0.1, 0.15) is 22.3 Å². The lowest BCUT2D eigenvalue weighted by molar-refractivity contribution is 0.692. The molecular formula is C33H21N3S. The second-order valence-electron chi connectivity index (χ2n) is 9.48. The first-order valence-corrected chi connectivity index (χ1v) is 13.2. The fraction of sp³-hybridized carbons (Fsp3) is 0.0303. The summed E-state index contributed by atoms with van der Waals surface area (Å²) in [5.41, 5.74) is 9.27. The Balaban J connectivity index is 1.51. The minimum Gasteiger partial charge on any atom is -0.310 e. The van der Waals surface area contributed by atoms with E-state index in [-0.39, 0.29) is 0 Å². The number of hydrogen-bond acceptors (Lipinski definition) is 4. The van der Waals surface area contributed by atoms with E-state index in [0.29, 0.717) is 0 Å². The molecule has 0 fully saturated rings. The van der Waals surface area contributed by atoms with Crippen molar-refractivity contribution in [2.24, 2.45) is 0 Å². The van der Waals surface area contributed by atoms with Crippen molar-refractivity contribution in [2.75, 3.05) is 4.90 Å². The Hall–Kier alpha value is -4.41. The second-order valence-corrected chi connectivity index (χ2v) is 10.6. The zero-order chi connectivity index (χ0) is 24.4. The topological polar surface area (TPSA) is 29.0 Å². The summed E-state index contributed by atoms with van der Waals surface area (Å²) < 4.78 is 0. The first-order chi connectivity index (χ1) is 18.4. The molecule has 1 spiro atoms. The maximum Gasteiger partial charge on any atom is 0.116 e. The third-order valence-corrected chi connectivity index (χ3v) is 8.80. The molecular weight excluding hydrogens is 470 g/mol. The Labute approximate surface area is 219 Å². The molecule has 8 rings (SSSR count). The van der Waals surface area contributed by atoms with Gasteiger partial charge in [-0.2, -0.15) is 0 Å².